The predicted octanol–water partition coefficient (Wildman–Crippen LogP) is 2.91. The Kier molecular flexibility index (Phi) is 4.40. The fourth-order valence-electron chi connectivity index (χ4n) is 2.55. The maximum Gasteiger partial charge on any atom is 0.414 e. The predicted molar refractivity (Wildman–Crippen MR) is 87.2 cm³/mol. The molecule has 2 aromatic rings. The van der Waals surface area contributed by atoms with Crippen LogP contribution < -0.4 is 4.90 Å². The third-order valence-electron chi connectivity index (χ3n) is 3.53. The van der Waals surface area contributed by atoms with E-state index < -0.39 is 0 Å². The molecule has 0 N–H and O–H groups in total. The van der Waals surface area contributed by atoms with Crippen LogP contribution in [0.2, 0.25) is 0 Å². The Hall–Kier alpha value is -1.92. The van der Waals surface area contributed by atoms with Crippen molar-refractivity contribution in [2.24, 2.45) is 0 Å². The lowest BCUT2D eigenvalue weighted by atomic mass is 10.2. The minimum atomic E-state index is -0.269. The van der Waals surface area contributed by atoms with Gasteiger partial charge in [0.1, 0.15) is 11.1 Å². The quantitative estimate of drug-likeness (QED) is 0.850. The zero-order valence-electron chi connectivity index (χ0n) is 12.7. The average molecular weight is 317 g/mol. The fourth-order valence-corrected chi connectivity index (χ4v) is 3.40. The van der Waals surface area contributed by atoms with Crippen LogP contribution in [0.3, 0.4) is 0 Å². The highest BCUT2D eigenvalue weighted by Crippen LogP contribution is 2.21. The van der Waals surface area contributed by atoms with Gasteiger partial charge in [-0.25, -0.2) is 9.78 Å². The third-order valence-corrected chi connectivity index (χ3v) is 4.48. The van der Waals surface area contributed by atoms with Crippen LogP contribution in [0.4, 0.5) is 10.5 Å². The lowest BCUT2D eigenvalue weighted by Crippen LogP contribution is -2.32. The molecule has 0 unspecified atom stereocenters. The van der Waals surface area contributed by atoms with Crippen LogP contribution in [0.15, 0.2) is 35.7 Å². The summed E-state index contributed by atoms with van der Waals surface area (Å²) in [5, 5.41) is 3.14. The van der Waals surface area contributed by atoms with E-state index in [1.54, 1.807) is 16.2 Å². The SMILES string of the molecule is Cc1csc(CN(C)C[C@@H]2CN(c3ccccc3)C(=O)O2)n1. The van der Waals surface area contributed by atoms with E-state index in [4.69, 9.17) is 4.74 Å². The second-order valence-corrected chi connectivity index (χ2v) is 6.47. The van der Waals surface area contributed by atoms with E-state index in [-0.39, 0.29) is 12.2 Å². The lowest BCUT2D eigenvalue weighted by Gasteiger charge is -2.18. The lowest BCUT2D eigenvalue weighted by molar-refractivity contribution is 0.115. The van der Waals surface area contributed by atoms with Crippen molar-refractivity contribution in [2.45, 2.75) is 19.6 Å². The van der Waals surface area contributed by atoms with Crippen LogP contribution in [0, 0.1) is 6.92 Å². The number of aryl methyl sites for hydroxylation is 1. The highest BCUT2D eigenvalue weighted by atomic mass is 32.1. The fraction of sp³-hybridized carbons (Fsp3) is 0.375. The number of thiazole rings is 1. The van der Waals surface area contributed by atoms with Gasteiger partial charge in [0.2, 0.25) is 0 Å². The molecule has 1 aliphatic rings. The smallest absolute Gasteiger partial charge is 0.414 e. The Bertz CT molecular complexity index is 644. The molecule has 1 aromatic carbocycles. The number of para-hydroxylation sites is 1. The van der Waals surface area contributed by atoms with E-state index in [0.717, 1.165) is 22.9 Å². The van der Waals surface area contributed by atoms with Gasteiger partial charge in [0.15, 0.2) is 0 Å². The van der Waals surface area contributed by atoms with Crippen LogP contribution in [0.1, 0.15) is 10.7 Å². The van der Waals surface area contributed by atoms with Gasteiger partial charge < -0.3 is 4.74 Å². The van der Waals surface area contributed by atoms with Crippen LogP contribution in [-0.4, -0.2) is 42.2 Å². The van der Waals surface area contributed by atoms with Crippen molar-refractivity contribution < 1.29 is 9.53 Å². The standard InChI is InChI=1S/C16H19N3O2S/c1-12-11-22-15(17-12)10-18(2)8-14-9-19(16(20)21-14)13-6-4-3-5-7-13/h3-7,11,14H,8-10H2,1-2H3/t14-/m1/s1. The number of hydrogen-bond donors (Lipinski definition) is 0. The maximum absolute atomic E-state index is 12.0. The van der Waals surface area contributed by atoms with Gasteiger partial charge in [0.25, 0.3) is 0 Å². The first kappa shape index (κ1) is 15.0. The highest BCUT2D eigenvalue weighted by Gasteiger charge is 2.32. The summed E-state index contributed by atoms with van der Waals surface area (Å²) < 4.78 is 5.47. The van der Waals surface area contributed by atoms with Crippen LogP contribution in [0.25, 0.3) is 0 Å². The van der Waals surface area contributed by atoms with E-state index in [1.807, 2.05) is 44.3 Å². The van der Waals surface area contributed by atoms with Crippen molar-refractivity contribution in [3.8, 4) is 0 Å². The molecule has 6 heteroatoms. The maximum atomic E-state index is 12.0. The zero-order valence-corrected chi connectivity index (χ0v) is 13.5. The first-order chi connectivity index (χ1) is 10.6. The molecule has 0 spiro atoms. The number of hydrogen-bond acceptors (Lipinski definition) is 5. The van der Waals surface area contributed by atoms with E-state index in [9.17, 15) is 4.79 Å². The molecule has 1 atom stereocenters. The number of carbonyl (C=O) groups is 1. The summed E-state index contributed by atoms with van der Waals surface area (Å²) in [7, 11) is 2.02. The molecule has 1 saturated heterocycles. The molecule has 116 valence electrons. The largest absolute Gasteiger partial charge is 0.443 e. The van der Waals surface area contributed by atoms with Crippen molar-refractivity contribution in [1.82, 2.24) is 9.88 Å². The molecular weight excluding hydrogens is 298 g/mol. The van der Waals surface area contributed by atoms with Gasteiger partial charge in [-0.1, -0.05) is 18.2 Å². The van der Waals surface area contributed by atoms with Gasteiger partial charge in [0, 0.05) is 23.3 Å². The Morgan fingerprint density at radius 2 is 2.18 bits per heavy atom. The minimum absolute atomic E-state index is 0.112. The number of cyclic esters (lactones) is 1. The Balaban J connectivity index is 1.57. The second kappa shape index (κ2) is 6.46. The first-order valence-electron chi connectivity index (χ1n) is 7.24. The monoisotopic (exact) mass is 317 g/mol. The van der Waals surface area contributed by atoms with Gasteiger partial charge in [0.05, 0.1) is 13.1 Å². The molecule has 0 bridgehead atoms. The molecule has 0 radical (unpaired) electrons. The number of rotatable bonds is 5. The highest BCUT2D eigenvalue weighted by molar-refractivity contribution is 7.09. The normalized spacial score (nSPS) is 18.0. The number of carbonyl (C=O) groups excluding carboxylic acids is 1. The van der Waals surface area contributed by atoms with Crippen molar-refractivity contribution in [3.63, 3.8) is 0 Å². The zero-order chi connectivity index (χ0) is 15.5. The number of amides is 1. The second-order valence-electron chi connectivity index (χ2n) is 5.53. The van der Waals surface area contributed by atoms with E-state index >= 15 is 0 Å². The van der Waals surface area contributed by atoms with Crippen LogP contribution in [-0.2, 0) is 11.3 Å². The van der Waals surface area contributed by atoms with E-state index in [1.165, 1.54) is 0 Å². The molecule has 1 aromatic heterocycles. The molecule has 0 saturated carbocycles. The summed E-state index contributed by atoms with van der Waals surface area (Å²) in [4.78, 5) is 20.3. The molecular formula is C16H19N3O2S. The van der Waals surface area contributed by atoms with Crippen molar-refractivity contribution >= 4 is 23.1 Å². The molecule has 5 nitrogen and oxygen atoms in total. The Morgan fingerprint density at radius 1 is 1.41 bits per heavy atom. The van der Waals surface area contributed by atoms with Gasteiger partial charge in [-0.3, -0.25) is 9.80 Å². The van der Waals surface area contributed by atoms with Gasteiger partial charge in [-0.2, -0.15) is 0 Å². The average Bonchev–Trinajstić information content (AvgIpc) is 3.05. The molecule has 1 aliphatic heterocycles. The number of ether oxygens (including phenoxy) is 1. The van der Waals surface area contributed by atoms with Gasteiger partial charge in [-0.15, -0.1) is 11.3 Å². The number of aromatic nitrogens is 1. The molecule has 0 aliphatic carbocycles. The van der Waals surface area contributed by atoms with Crippen molar-refractivity contribution in [3.05, 3.63) is 46.4 Å². The Morgan fingerprint density at radius 3 is 2.86 bits per heavy atom. The number of anilines is 1. The Labute approximate surface area is 134 Å². The molecule has 22 heavy (non-hydrogen) atoms. The number of likely N-dealkylation sites (N-methyl/N-ethyl adjacent to an activating group) is 1. The van der Waals surface area contributed by atoms with E-state index in [2.05, 4.69) is 15.3 Å². The van der Waals surface area contributed by atoms with Crippen LogP contribution in [0.5, 0.6) is 0 Å². The number of nitrogens with zero attached hydrogens (tertiary/aromatic N) is 3. The molecule has 2 heterocycles. The first-order valence-corrected chi connectivity index (χ1v) is 8.12. The van der Waals surface area contributed by atoms with Crippen molar-refractivity contribution in [1.29, 1.82) is 0 Å². The van der Waals surface area contributed by atoms with Gasteiger partial charge >= 0.3 is 6.09 Å². The van der Waals surface area contributed by atoms with Gasteiger partial charge in [-0.05, 0) is 26.1 Å². The third kappa shape index (κ3) is 3.45. The van der Waals surface area contributed by atoms with Crippen molar-refractivity contribution in [2.75, 3.05) is 25.0 Å². The van der Waals surface area contributed by atoms with Crippen LogP contribution >= 0.6 is 11.3 Å². The summed E-state index contributed by atoms with van der Waals surface area (Å²) >= 11 is 1.66. The topological polar surface area (TPSA) is 45.7 Å². The summed E-state index contributed by atoms with van der Waals surface area (Å²) in [6, 6.07) is 9.63. The van der Waals surface area contributed by atoms with E-state index in [0.29, 0.717) is 13.1 Å². The summed E-state index contributed by atoms with van der Waals surface area (Å²) in [6.45, 7) is 4.06. The summed E-state index contributed by atoms with van der Waals surface area (Å²) in [6.07, 6.45) is -0.381. The molecule has 3 rings (SSSR count). The summed E-state index contributed by atoms with van der Waals surface area (Å²) in [5.74, 6) is 0. The molecule has 1 amide bonds. The molecule has 1 fully saturated rings. The number of benzene rings is 1. The summed E-state index contributed by atoms with van der Waals surface area (Å²) in [5.41, 5.74) is 1.93. The minimum Gasteiger partial charge on any atom is -0.443 e.